The molecule has 0 atom stereocenters. The van der Waals surface area contributed by atoms with Gasteiger partial charge in [-0.25, -0.2) is 9.97 Å². The summed E-state index contributed by atoms with van der Waals surface area (Å²) < 4.78 is 1.96. The molecule has 2 saturated heterocycles. The van der Waals surface area contributed by atoms with Crippen molar-refractivity contribution in [2.75, 3.05) is 26.2 Å². The quantitative estimate of drug-likeness (QED) is 0.333. The molecular weight excluding hydrogens is 512 g/mol. The zero-order valence-corrected chi connectivity index (χ0v) is 22.6. The van der Waals surface area contributed by atoms with Crippen molar-refractivity contribution >= 4 is 16.9 Å². The first kappa shape index (κ1) is 25.2. The van der Waals surface area contributed by atoms with E-state index >= 15 is 0 Å². The van der Waals surface area contributed by atoms with E-state index in [1.165, 1.54) is 0 Å². The van der Waals surface area contributed by atoms with E-state index < -0.39 is 0 Å². The van der Waals surface area contributed by atoms with Crippen LogP contribution in [0.15, 0.2) is 85.6 Å². The number of nitrogens with one attached hydrogen (secondary N) is 1. The highest BCUT2D eigenvalue weighted by Crippen LogP contribution is 2.37. The molecule has 2 aliphatic heterocycles. The summed E-state index contributed by atoms with van der Waals surface area (Å²) in [6.45, 7) is 3.01. The summed E-state index contributed by atoms with van der Waals surface area (Å²) >= 11 is 0. The zero-order valence-electron chi connectivity index (χ0n) is 22.6. The summed E-state index contributed by atoms with van der Waals surface area (Å²) in [5, 5.41) is 15.3. The van der Waals surface area contributed by atoms with Crippen molar-refractivity contribution in [2.24, 2.45) is 0 Å². The molecule has 1 amide bonds. The number of nitriles is 1. The van der Waals surface area contributed by atoms with Crippen molar-refractivity contribution in [1.29, 1.82) is 5.26 Å². The SMILES string of the molecule is N#CCC1(n2cc(-c3ncnc4[nH]ccc34)cn2)CN(C2CCN(C(=O)c3ccc(-c4ccccc4)cc3)CC2)C1. The van der Waals surface area contributed by atoms with Crippen LogP contribution >= 0.6 is 0 Å². The Hall–Kier alpha value is -4.81. The number of hydrogen-bond acceptors (Lipinski definition) is 6. The zero-order chi connectivity index (χ0) is 27.8. The number of aromatic nitrogens is 5. The molecule has 0 aliphatic carbocycles. The predicted molar refractivity (Wildman–Crippen MR) is 156 cm³/mol. The molecule has 0 radical (unpaired) electrons. The van der Waals surface area contributed by atoms with Crippen LogP contribution in [-0.4, -0.2) is 72.7 Å². The summed E-state index contributed by atoms with van der Waals surface area (Å²) in [7, 11) is 0. The van der Waals surface area contributed by atoms with Crippen molar-refractivity contribution in [3.05, 3.63) is 91.1 Å². The van der Waals surface area contributed by atoms with Gasteiger partial charge in [-0.15, -0.1) is 0 Å². The molecule has 5 aromatic rings. The fourth-order valence-corrected chi connectivity index (χ4v) is 6.31. The fourth-order valence-electron chi connectivity index (χ4n) is 6.31. The standard InChI is InChI=1S/C32H30N8O/c33-14-13-32(40-19-26(18-37-40)29-28-10-15-34-30(28)36-22-35-29)20-39(21-32)27-11-16-38(17-12-27)31(41)25-8-6-24(7-9-25)23-4-2-1-3-5-23/h1-10,15,18-19,22,27H,11-13,16-17,20-21H2,(H,34,35,36). The van der Waals surface area contributed by atoms with Crippen molar-refractivity contribution in [2.45, 2.75) is 30.8 Å². The molecule has 0 bridgehead atoms. The van der Waals surface area contributed by atoms with Crippen molar-refractivity contribution in [3.63, 3.8) is 0 Å². The molecule has 0 unspecified atom stereocenters. The van der Waals surface area contributed by atoms with Crippen LogP contribution in [0.2, 0.25) is 0 Å². The maximum absolute atomic E-state index is 13.2. The van der Waals surface area contributed by atoms with Crippen LogP contribution in [0.3, 0.4) is 0 Å². The van der Waals surface area contributed by atoms with Crippen LogP contribution in [-0.2, 0) is 5.54 Å². The number of nitrogens with zero attached hydrogens (tertiary/aromatic N) is 7. The Bertz CT molecular complexity index is 1720. The second kappa shape index (κ2) is 10.3. The van der Waals surface area contributed by atoms with Gasteiger partial charge >= 0.3 is 0 Å². The molecular formula is C32H30N8O. The number of likely N-dealkylation sites (tertiary alicyclic amines) is 2. The van der Waals surface area contributed by atoms with Gasteiger partial charge < -0.3 is 9.88 Å². The number of carbonyl (C=O) groups excluding carboxylic acids is 1. The summed E-state index contributed by atoms with van der Waals surface area (Å²) in [5.74, 6) is 0.0934. The third-order valence-corrected chi connectivity index (χ3v) is 8.61. The second-order valence-electron chi connectivity index (χ2n) is 11.1. The van der Waals surface area contributed by atoms with Crippen LogP contribution in [0.5, 0.6) is 0 Å². The molecule has 41 heavy (non-hydrogen) atoms. The van der Waals surface area contributed by atoms with E-state index in [9.17, 15) is 10.1 Å². The molecule has 2 aliphatic rings. The highest BCUT2D eigenvalue weighted by atomic mass is 16.2. The number of benzene rings is 2. The normalized spacial score (nSPS) is 17.3. The lowest BCUT2D eigenvalue weighted by Crippen LogP contribution is -2.66. The lowest BCUT2D eigenvalue weighted by atomic mass is 9.83. The molecule has 1 N–H and O–H groups in total. The van der Waals surface area contributed by atoms with Gasteiger partial charge in [0, 0.05) is 61.1 Å². The van der Waals surface area contributed by atoms with E-state index in [0.717, 1.165) is 78.0 Å². The van der Waals surface area contributed by atoms with Crippen LogP contribution < -0.4 is 0 Å². The number of amides is 1. The first-order valence-corrected chi connectivity index (χ1v) is 14.0. The van der Waals surface area contributed by atoms with E-state index in [1.54, 1.807) is 6.33 Å². The Kier molecular flexibility index (Phi) is 6.33. The van der Waals surface area contributed by atoms with Gasteiger partial charge in [-0.2, -0.15) is 10.4 Å². The first-order valence-electron chi connectivity index (χ1n) is 14.0. The summed E-state index contributed by atoms with van der Waals surface area (Å²) in [6.07, 6.45) is 9.48. The molecule has 2 fully saturated rings. The van der Waals surface area contributed by atoms with Gasteiger partial charge in [-0.3, -0.25) is 14.4 Å². The minimum absolute atomic E-state index is 0.0934. The molecule has 9 nitrogen and oxygen atoms in total. The summed E-state index contributed by atoms with van der Waals surface area (Å²) in [5.41, 5.74) is 5.17. The monoisotopic (exact) mass is 542 g/mol. The van der Waals surface area contributed by atoms with Gasteiger partial charge in [0.15, 0.2) is 0 Å². The van der Waals surface area contributed by atoms with E-state index in [-0.39, 0.29) is 11.4 Å². The minimum atomic E-state index is -0.356. The average molecular weight is 543 g/mol. The Morgan fingerprint density at radius 3 is 2.49 bits per heavy atom. The van der Waals surface area contributed by atoms with Crippen molar-refractivity contribution in [1.82, 2.24) is 34.5 Å². The van der Waals surface area contributed by atoms with Crippen LogP contribution in [0.1, 0.15) is 29.6 Å². The topological polar surface area (TPSA) is 107 Å². The number of hydrogen-bond donors (Lipinski definition) is 1. The number of H-pyrrole nitrogens is 1. The maximum Gasteiger partial charge on any atom is 0.253 e. The number of fused-ring (bicyclic) bond motifs is 1. The molecule has 3 aromatic heterocycles. The van der Waals surface area contributed by atoms with Gasteiger partial charge in [-0.05, 0) is 42.2 Å². The predicted octanol–water partition coefficient (Wildman–Crippen LogP) is 4.72. The largest absolute Gasteiger partial charge is 0.346 e. The Morgan fingerprint density at radius 2 is 1.73 bits per heavy atom. The second-order valence-corrected chi connectivity index (χ2v) is 11.1. The van der Waals surface area contributed by atoms with Gasteiger partial charge in [0.25, 0.3) is 5.91 Å². The molecule has 2 aromatic carbocycles. The highest BCUT2D eigenvalue weighted by molar-refractivity contribution is 5.95. The number of piperidine rings is 1. The molecule has 5 heterocycles. The highest BCUT2D eigenvalue weighted by Gasteiger charge is 2.48. The van der Waals surface area contributed by atoms with Crippen LogP contribution in [0.25, 0.3) is 33.4 Å². The van der Waals surface area contributed by atoms with Crippen LogP contribution in [0, 0.1) is 11.3 Å². The third kappa shape index (κ3) is 4.56. The lowest BCUT2D eigenvalue weighted by Gasteiger charge is -2.53. The van der Waals surface area contributed by atoms with Gasteiger partial charge in [-0.1, -0.05) is 42.5 Å². The lowest BCUT2D eigenvalue weighted by molar-refractivity contribution is -0.0412. The Morgan fingerprint density at radius 1 is 0.976 bits per heavy atom. The van der Waals surface area contributed by atoms with Gasteiger partial charge in [0.05, 0.1) is 24.4 Å². The maximum atomic E-state index is 13.2. The summed E-state index contributed by atoms with van der Waals surface area (Å²) in [6, 6.07) is 22.9. The molecule has 0 saturated carbocycles. The van der Waals surface area contributed by atoms with Gasteiger partial charge in [0.1, 0.15) is 17.5 Å². The van der Waals surface area contributed by atoms with E-state index in [2.05, 4.69) is 43.2 Å². The molecule has 9 heteroatoms. The molecule has 204 valence electrons. The minimum Gasteiger partial charge on any atom is -0.346 e. The van der Waals surface area contributed by atoms with E-state index in [4.69, 9.17) is 0 Å². The Labute approximate surface area is 238 Å². The smallest absolute Gasteiger partial charge is 0.253 e. The number of aromatic amines is 1. The van der Waals surface area contributed by atoms with E-state index in [1.807, 2.05) is 76.7 Å². The van der Waals surface area contributed by atoms with Crippen LogP contribution in [0.4, 0.5) is 0 Å². The fraction of sp³-hybridized carbons (Fsp3) is 0.281. The average Bonchev–Trinajstić information content (AvgIpc) is 3.70. The molecule has 7 rings (SSSR count). The van der Waals surface area contributed by atoms with Crippen molar-refractivity contribution < 1.29 is 4.79 Å². The number of carbonyl (C=O) groups is 1. The summed E-state index contributed by atoms with van der Waals surface area (Å²) in [4.78, 5) is 29.5. The Balaban J connectivity index is 0.986. The third-order valence-electron chi connectivity index (χ3n) is 8.61. The van der Waals surface area contributed by atoms with E-state index in [0.29, 0.717) is 12.5 Å². The number of rotatable bonds is 6. The first-order chi connectivity index (χ1) is 20.1. The van der Waals surface area contributed by atoms with Crippen molar-refractivity contribution in [3.8, 4) is 28.5 Å². The molecule has 0 spiro atoms. The van der Waals surface area contributed by atoms with Gasteiger partial charge in [0.2, 0.25) is 0 Å².